The van der Waals surface area contributed by atoms with Crippen LogP contribution in [0.1, 0.15) is 12.5 Å². The predicted molar refractivity (Wildman–Crippen MR) is 76.2 cm³/mol. The molecule has 0 bridgehead atoms. The summed E-state index contributed by atoms with van der Waals surface area (Å²) in [7, 11) is 1.91. The summed E-state index contributed by atoms with van der Waals surface area (Å²) >= 11 is 0. The molecule has 1 N–H and O–H groups in total. The molecule has 1 heterocycles. The van der Waals surface area contributed by atoms with E-state index in [-0.39, 0.29) is 0 Å². The molecule has 1 aromatic heterocycles. The van der Waals surface area contributed by atoms with Gasteiger partial charge in [-0.1, -0.05) is 24.3 Å². The monoisotopic (exact) mass is 257 g/mol. The Balaban J connectivity index is 2.09. The molecule has 0 spiro atoms. The highest BCUT2D eigenvalue weighted by molar-refractivity contribution is 5.59. The van der Waals surface area contributed by atoms with Crippen LogP contribution in [0.15, 0.2) is 36.7 Å². The molecule has 0 fully saturated rings. The number of aryl methyl sites for hydroxylation is 1. The minimum absolute atomic E-state index is 0.302. The van der Waals surface area contributed by atoms with Gasteiger partial charge in [0.2, 0.25) is 0 Å². The third-order valence-corrected chi connectivity index (χ3v) is 3.01. The van der Waals surface area contributed by atoms with E-state index in [0.717, 1.165) is 11.4 Å². The van der Waals surface area contributed by atoms with E-state index < -0.39 is 0 Å². The molecule has 4 nitrogen and oxygen atoms in total. The van der Waals surface area contributed by atoms with Gasteiger partial charge in [0.15, 0.2) is 11.6 Å². The van der Waals surface area contributed by atoms with Crippen LogP contribution in [0.4, 0.5) is 0 Å². The lowest BCUT2D eigenvalue weighted by molar-refractivity contribution is 0.278. The Morgan fingerprint density at radius 3 is 2.53 bits per heavy atom. The van der Waals surface area contributed by atoms with Crippen LogP contribution >= 0.6 is 0 Å². The molecule has 1 aromatic carbocycles. The van der Waals surface area contributed by atoms with Crippen LogP contribution in [0.2, 0.25) is 0 Å². The number of aromatic nitrogens is 2. The maximum atomic E-state index is 5.59. The first-order chi connectivity index (χ1) is 9.20. The zero-order chi connectivity index (χ0) is 13.7. The first-order valence-corrected chi connectivity index (χ1v) is 6.39. The Morgan fingerprint density at radius 1 is 1.21 bits per heavy atom. The highest BCUT2D eigenvalue weighted by Gasteiger charge is 2.05. The lowest BCUT2D eigenvalue weighted by atomic mass is 10.1. The average Bonchev–Trinajstić information content (AvgIpc) is 2.46. The van der Waals surface area contributed by atoms with E-state index in [2.05, 4.69) is 35.2 Å². The standard InChI is InChI=1S/C15H19N3O/c1-11-6-4-5-7-14(11)15-17-8-13(9-18-15)19-10-12(2)16-3/h4-9,12,16H,10H2,1-3H3. The maximum Gasteiger partial charge on any atom is 0.159 e. The van der Waals surface area contributed by atoms with Crippen molar-refractivity contribution in [3.63, 3.8) is 0 Å². The third-order valence-electron chi connectivity index (χ3n) is 3.01. The Kier molecular flexibility index (Phi) is 4.47. The first-order valence-electron chi connectivity index (χ1n) is 6.39. The molecule has 0 saturated heterocycles. The van der Waals surface area contributed by atoms with Crippen molar-refractivity contribution in [3.8, 4) is 17.1 Å². The molecule has 19 heavy (non-hydrogen) atoms. The molecule has 1 atom stereocenters. The lowest BCUT2D eigenvalue weighted by Gasteiger charge is -2.11. The Labute approximate surface area is 113 Å². The second-order valence-electron chi connectivity index (χ2n) is 4.56. The number of likely N-dealkylation sites (N-methyl/N-ethyl adjacent to an activating group) is 1. The van der Waals surface area contributed by atoms with Gasteiger partial charge in [-0.2, -0.15) is 0 Å². The molecule has 2 rings (SSSR count). The van der Waals surface area contributed by atoms with E-state index in [9.17, 15) is 0 Å². The highest BCUT2D eigenvalue weighted by Crippen LogP contribution is 2.20. The van der Waals surface area contributed by atoms with Gasteiger partial charge in [0.05, 0.1) is 12.4 Å². The first kappa shape index (κ1) is 13.5. The van der Waals surface area contributed by atoms with E-state index in [4.69, 9.17) is 4.74 Å². The second-order valence-corrected chi connectivity index (χ2v) is 4.56. The Morgan fingerprint density at radius 2 is 1.89 bits per heavy atom. The van der Waals surface area contributed by atoms with Crippen molar-refractivity contribution in [1.82, 2.24) is 15.3 Å². The molecular formula is C15H19N3O. The predicted octanol–water partition coefficient (Wildman–Crippen LogP) is 2.44. The van der Waals surface area contributed by atoms with E-state index in [1.165, 1.54) is 5.56 Å². The number of ether oxygens (including phenoxy) is 1. The summed E-state index contributed by atoms with van der Waals surface area (Å²) in [5.41, 5.74) is 2.22. The van der Waals surface area contributed by atoms with Crippen molar-refractivity contribution in [2.24, 2.45) is 0 Å². The molecule has 0 aliphatic carbocycles. The van der Waals surface area contributed by atoms with Crippen LogP contribution in [0, 0.1) is 6.92 Å². The summed E-state index contributed by atoms with van der Waals surface area (Å²) < 4.78 is 5.59. The van der Waals surface area contributed by atoms with Gasteiger partial charge in [-0.3, -0.25) is 0 Å². The largest absolute Gasteiger partial charge is 0.489 e. The number of hydrogen-bond acceptors (Lipinski definition) is 4. The molecule has 0 aliphatic rings. The van der Waals surface area contributed by atoms with Crippen LogP contribution in [0.25, 0.3) is 11.4 Å². The van der Waals surface area contributed by atoms with Crippen molar-refractivity contribution < 1.29 is 4.74 Å². The minimum atomic E-state index is 0.302. The normalized spacial score (nSPS) is 12.2. The van der Waals surface area contributed by atoms with Crippen molar-refractivity contribution in [2.75, 3.05) is 13.7 Å². The highest BCUT2D eigenvalue weighted by atomic mass is 16.5. The van der Waals surface area contributed by atoms with Crippen LogP contribution in [0.3, 0.4) is 0 Å². The van der Waals surface area contributed by atoms with Gasteiger partial charge in [0, 0.05) is 11.6 Å². The SMILES string of the molecule is CNC(C)COc1cnc(-c2ccccc2C)nc1. The fourth-order valence-electron chi connectivity index (χ4n) is 1.66. The minimum Gasteiger partial charge on any atom is -0.489 e. The van der Waals surface area contributed by atoms with E-state index in [1.807, 2.05) is 25.2 Å². The molecule has 2 aromatic rings. The van der Waals surface area contributed by atoms with Crippen LogP contribution in [-0.2, 0) is 0 Å². The Hall–Kier alpha value is -1.94. The van der Waals surface area contributed by atoms with Crippen molar-refractivity contribution >= 4 is 0 Å². The smallest absolute Gasteiger partial charge is 0.159 e. The van der Waals surface area contributed by atoms with Gasteiger partial charge in [0.1, 0.15) is 6.61 Å². The van der Waals surface area contributed by atoms with E-state index >= 15 is 0 Å². The number of hydrogen-bond donors (Lipinski definition) is 1. The fourth-order valence-corrected chi connectivity index (χ4v) is 1.66. The number of nitrogens with zero attached hydrogens (tertiary/aromatic N) is 2. The quantitative estimate of drug-likeness (QED) is 0.893. The molecule has 0 amide bonds. The molecule has 4 heteroatoms. The molecule has 0 saturated carbocycles. The number of nitrogens with one attached hydrogen (secondary N) is 1. The molecule has 100 valence electrons. The van der Waals surface area contributed by atoms with Gasteiger partial charge < -0.3 is 10.1 Å². The lowest BCUT2D eigenvalue weighted by Crippen LogP contribution is -2.28. The van der Waals surface area contributed by atoms with Gasteiger partial charge in [-0.05, 0) is 26.5 Å². The summed E-state index contributed by atoms with van der Waals surface area (Å²) in [6, 6.07) is 8.38. The fraction of sp³-hybridized carbons (Fsp3) is 0.333. The molecular weight excluding hydrogens is 238 g/mol. The van der Waals surface area contributed by atoms with Gasteiger partial charge in [-0.25, -0.2) is 9.97 Å². The third kappa shape index (κ3) is 3.51. The van der Waals surface area contributed by atoms with Crippen molar-refractivity contribution in [1.29, 1.82) is 0 Å². The van der Waals surface area contributed by atoms with Crippen LogP contribution in [-0.4, -0.2) is 29.7 Å². The summed E-state index contributed by atoms with van der Waals surface area (Å²) in [5, 5.41) is 3.11. The zero-order valence-electron chi connectivity index (χ0n) is 11.6. The summed E-state index contributed by atoms with van der Waals surface area (Å²) in [4.78, 5) is 8.71. The summed E-state index contributed by atoms with van der Waals surface area (Å²) in [5.74, 6) is 1.42. The number of benzene rings is 1. The van der Waals surface area contributed by atoms with Crippen molar-refractivity contribution in [3.05, 3.63) is 42.2 Å². The average molecular weight is 257 g/mol. The molecule has 1 unspecified atom stereocenters. The summed E-state index contributed by atoms with van der Waals surface area (Å²) in [6.07, 6.45) is 3.44. The second kappa shape index (κ2) is 6.29. The topological polar surface area (TPSA) is 47.0 Å². The maximum absolute atomic E-state index is 5.59. The molecule has 0 radical (unpaired) electrons. The van der Waals surface area contributed by atoms with E-state index in [1.54, 1.807) is 12.4 Å². The summed E-state index contributed by atoms with van der Waals surface area (Å²) in [6.45, 7) is 4.71. The Bertz CT molecular complexity index is 525. The van der Waals surface area contributed by atoms with Gasteiger partial charge in [0.25, 0.3) is 0 Å². The van der Waals surface area contributed by atoms with Crippen molar-refractivity contribution in [2.45, 2.75) is 19.9 Å². The van der Waals surface area contributed by atoms with E-state index in [0.29, 0.717) is 18.4 Å². The van der Waals surface area contributed by atoms with Crippen LogP contribution < -0.4 is 10.1 Å². The zero-order valence-corrected chi connectivity index (χ0v) is 11.6. The van der Waals surface area contributed by atoms with Gasteiger partial charge >= 0.3 is 0 Å². The number of rotatable bonds is 5. The van der Waals surface area contributed by atoms with Crippen LogP contribution in [0.5, 0.6) is 5.75 Å². The van der Waals surface area contributed by atoms with Gasteiger partial charge in [-0.15, -0.1) is 0 Å². The molecule has 0 aliphatic heterocycles.